The molecule has 104 valence electrons. The Morgan fingerprint density at radius 2 is 2.11 bits per heavy atom. The maximum atomic E-state index is 11.7. The van der Waals surface area contributed by atoms with Crippen LogP contribution in [0.15, 0.2) is 12.1 Å². The Bertz CT molecular complexity index is 482. The van der Waals surface area contributed by atoms with Crippen molar-refractivity contribution >= 4 is 11.8 Å². The highest BCUT2D eigenvalue weighted by Crippen LogP contribution is 2.29. The summed E-state index contributed by atoms with van der Waals surface area (Å²) in [5, 5.41) is 0. The predicted octanol–water partition coefficient (Wildman–Crippen LogP) is 1.66. The molecule has 1 aromatic heterocycles. The topological polar surface area (TPSA) is 51.7 Å². The largest absolute Gasteiger partial charge is 0.464 e. The maximum Gasteiger partial charge on any atom is 0.357 e. The number of hydrogen-bond acceptors (Lipinski definition) is 5. The van der Waals surface area contributed by atoms with Crippen molar-refractivity contribution in [2.45, 2.75) is 25.9 Å². The number of nitrogens with zero attached hydrogens (tertiary/aromatic N) is 2. The molecule has 0 radical (unpaired) electrons. The summed E-state index contributed by atoms with van der Waals surface area (Å²) in [4.78, 5) is 18.3. The zero-order chi connectivity index (χ0) is 14.0. The number of rotatable bonds is 4. The average molecular weight is 264 g/mol. The van der Waals surface area contributed by atoms with Crippen LogP contribution in [-0.4, -0.2) is 43.9 Å². The van der Waals surface area contributed by atoms with Crippen molar-refractivity contribution < 1.29 is 14.3 Å². The number of aromatic nitrogens is 1. The standard InChI is InChI=1S/C14H20N2O3/c1-5-10-6-7-11(15-12(10)13(17)18-3)16-8-14(2,9-16)19-4/h6-7H,5,8-9H2,1-4H3. The van der Waals surface area contributed by atoms with Crippen molar-refractivity contribution in [2.75, 3.05) is 32.2 Å². The van der Waals surface area contributed by atoms with E-state index in [0.717, 1.165) is 30.9 Å². The number of carbonyl (C=O) groups excluding carboxylic acids is 1. The molecule has 0 unspecified atom stereocenters. The number of pyridine rings is 1. The summed E-state index contributed by atoms with van der Waals surface area (Å²) in [6.45, 7) is 5.62. The monoisotopic (exact) mass is 264 g/mol. The quantitative estimate of drug-likeness (QED) is 0.774. The summed E-state index contributed by atoms with van der Waals surface area (Å²) >= 11 is 0. The molecular weight excluding hydrogens is 244 g/mol. The summed E-state index contributed by atoms with van der Waals surface area (Å²) in [7, 11) is 3.09. The second kappa shape index (κ2) is 5.17. The van der Waals surface area contributed by atoms with Crippen LogP contribution in [0.1, 0.15) is 29.9 Å². The first kappa shape index (κ1) is 13.8. The fraction of sp³-hybridized carbons (Fsp3) is 0.571. The fourth-order valence-corrected chi connectivity index (χ4v) is 2.26. The molecule has 5 heteroatoms. The van der Waals surface area contributed by atoms with E-state index in [1.165, 1.54) is 7.11 Å². The number of aryl methyl sites for hydroxylation is 1. The Morgan fingerprint density at radius 1 is 1.42 bits per heavy atom. The molecule has 1 aliphatic heterocycles. The third kappa shape index (κ3) is 2.56. The number of carbonyl (C=O) groups is 1. The molecule has 2 rings (SSSR count). The highest BCUT2D eigenvalue weighted by Gasteiger charge is 2.39. The summed E-state index contributed by atoms with van der Waals surface area (Å²) in [6, 6.07) is 3.89. The van der Waals surface area contributed by atoms with Gasteiger partial charge in [-0.2, -0.15) is 0 Å². The van der Waals surface area contributed by atoms with Gasteiger partial charge in [0.05, 0.1) is 12.7 Å². The van der Waals surface area contributed by atoms with Gasteiger partial charge in [0.1, 0.15) is 5.82 Å². The zero-order valence-electron chi connectivity index (χ0n) is 11.9. The van der Waals surface area contributed by atoms with Crippen LogP contribution in [0.4, 0.5) is 5.82 Å². The lowest BCUT2D eigenvalue weighted by atomic mass is 9.96. The van der Waals surface area contributed by atoms with Crippen LogP contribution in [0, 0.1) is 0 Å². The molecule has 0 atom stereocenters. The van der Waals surface area contributed by atoms with Crippen LogP contribution in [-0.2, 0) is 15.9 Å². The summed E-state index contributed by atoms with van der Waals surface area (Å²) in [5.74, 6) is 0.417. The van der Waals surface area contributed by atoms with Crippen molar-refractivity contribution in [3.05, 3.63) is 23.4 Å². The smallest absolute Gasteiger partial charge is 0.357 e. The van der Waals surface area contributed by atoms with Crippen LogP contribution in [0.2, 0.25) is 0 Å². The minimum absolute atomic E-state index is 0.115. The van der Waals surface area contributed by atoms with Gasteiger partial charge in [0, 0.05) is 20.2 Å². The van der Waals surface area contributed by atoms with Gasteiger partial charge in [-0.05, 0) is 25.0 Å². The second-order valence-electron chi connectivity index (χ2n) is 5.03. The Labute approximate surface area is 113 Å². The Kier molecular flexibility index (Phi) is 3.75. The summed E-state index contributed by atoms with van der Waals surface area (Å²) < 4.78 is 10.2. The Balaban J connectivity index is 2.22. The summed E-state index contributed by atoms with van der Waals surface area (Å²) in [5.41, 5.74) is 1.20. The van der Waals surface area contributed by atoms with Gasteiger partial charge >= 0.3 is 5.97 Å². The van der Waals surface area contributed by atoms with Crippen LogP contribution in [0.3, 0.4) is 0 Å². The third-order valence-corrected chi connectivity index (χ3v) is 3.59. The first-order valence-electron chi connectivity index (χ1n) is 6.41. The average Bonchev–Trinajstić information content (AvgIpc) is 2.42. The van der Waals surface area contributed by atoms with E-state index in [0.29, 0.717) is 5.69 Å². The van der Waals surface area contributed by atoms with Gasteiger partial charge in [0.2, 0.25) is 0 Å². The summed E-state index contributed by atoms with van der Waals surface area (Å²) in [6.07, 6.45) is 0.757. The number of ether oxygens (including phenoxy) is 2. The first-order valence-corrected chi connectivity index (χ1v) is 6.41. The SMILES string of the molecule is CCc1ccc(N2CC(C)(OC)C2)nc1C(=O)OC. The molecule has 19 heavy (non-hydrogen) atoms. The molecule has 1 aliphatic rings. The van der Waals surface area contributed by atoms with Gasteiger partial charge in [0.15, 0.2) is 5.69 Å². The van der Waals surface area contributed by atoms with E-state index in [-0.39, 0.29) is 11.6 Å². The Hall–Kier alpha value is -1.62. The van der Waals surface area contributed by atoms with Crippen molar-refractivity contribution in [3.63, 3.8) is 0 Å². The molecule has 0 saturated carbocycles. The molecular formula is C14H20N2O3. The maximum absolute atomic E-state index is 11.7. The normalized spacial score (nSPS) is 16.9. The first-order chi connectivity index (χ1) is 9.03. The van der Waals surface area contributed by atoms with E-state index in [4.69, 9.17) is 9.47 Å². The minimum atomic E-state index is -0.381. The predicted molar refractivity (Wildman–Crippen MR) is 72.6 cm³/mol. The van der Waals surface area contributed by atoms with E-state index >= 15 is 0 Å². The molecule has 5 nitrogen and oxygen atoms in total. The molecule has 2 heterocycles. The van der Waals surface area contributed by atoms with Gasteiger partial charge < -0.3 is 14.4 Å². The van der Waals surface area contributed by atoms with Gasteiger partial charge in [-0.25, -0.2) is 9.78 Å². The number of methoxy groups -OCH3 is 2. The van der Waals surface area contributed by atoms with E-state index in [2.05, 4.69) is 16.8 Å². The Morgan fingerprint density at radius 3 is 2.63 bits per heavy atom. The van der Waals surface area contributed by atoms with Gasteiger partial charge in [-0.3, -0.25) is 0 Å². The molecule has 0 bridgehead atoms. The molecule has 0 amide bonds. The molecule has 1 aromatic rings. The van der Waals surface area contributed by atoms with Crippen LogP contribution >= 0.6 is 0 Å². The fourth-order valence-electron chi connectivity index (χ4n) is 2.26. The number of anilines is 1. The molecule has 1 saturated heterocycles. The van der Waals surface area contributed by atoms with E-state index in [1.807, 2.05) is 19.1 Å². The zero-order valence-corrected chi connectivity index (χ0v) is 11.9. The van der Waals surface area contributed by atoms with Crippen molar-refractivity contribution in [2.24, 2.45) is 0 Å². The highest BCUT2D eigenvalue weighted by atomic mass is 16.5. The molecule has 0 aliphatic carbocycles. The molecule has 1 fully saturated rings. The van der Waals surface area contributed by atoms with Gasteiger partial charge in [-0.15, -0.1) is 0 Å². The van der Waals surface area contributed by atoms with Gasteiger partial charge in [0.25, 0.3) is 0 Å². The highest BCUT2D eigenvalue weighted by molar-refractivity contribution is 5.89. The van der Waals surface area contributed by atoms with Crippen LogP contribution in [0.5, 0.6) is 0 Å². The van der Waals surface area contributed by atoms with Crippen molar-refractivity contribution in [1.82, 2.24) is 4.98 Å². The molecule has 0 N–H and O–H groups in total. The van der Waals surface area contributed by atoms with Crippen LogP contribution < -0.4 is 4.90 Å². The van der Waals surface area contributed by atoms with E-state index < -0.39 is 0 Å². The number of hydrogen-bond donors (Lipinski definition) is 0. The van der Waals surface area contributed by atoms with E-state index in [9.17, 15) is 4.79 Å². The third-order valence-electron chi connectivity index (χ3n) is 3.59. The number of esters is 1. The van der Waals surface area contributed by atoms with E-state index in [1.54, 1.807) is 7.11 Å². The van der Waals surface area contributed by atoms with Crippen LogP contribution in [0.25, 0.3) is 0 Å². The lowest BCUT2D eigenvalue weighted by Crippen LogP contribution is -2.61. The second-order valence-corrected chi connectivity index (χ2v) is 5.03. The van der Waals surface area contributed by atoms with Gasteiger partial charge in [-0.1, -0.05) is 13.0 Å². The lowest BCUT2D eigenvalue weighted by molar-refractivity contribution is -0.0171. The molecule has 0 spiro atoms. The van der Waals surface area contributed by atoms with Crippen molar-refractivity contribution in [3.8, 4) is 0 Å². The molecule has 0 aromatic carbocycles. The van der Waals surface area contributed by atoms with Crippen molar-refractivity contribution in [1.29, 1.82) is 0 Å². The lowest BCUT2D eigenvalue weighted by Gasteiger charge is -2.47. The minimum Gasteiger partial charge on any atom is -0.464 e.